The van der Waals surface area contributed by atoms with Crippen molar-refractivity contribution in [2.45, 2.75) is 25.2 Å². The Kier molecular flexibility index (Phi) is 4.48. The lowest BCUT2D eigenvalue weighted by Gasteiger charge is -2.09. The van der Waals surface area contributed by atoms with Gasteiger partial charge in [0.2, 0.25) is 17.7 Å². The van der Waals surface area contributed by atoms with E-state index in [4.69, 9.17) is 0 Å². The highest BCUT2D eigenvalue weighted by atomic mass is 19.1. The molecule has 27 heavy (non-hydrogen) atoms. The zero-order valence-electron chi connectivity index (χ0n) is 14.6. The molecule has 1 aliphatic carbocycles. The standard InChI is InChI=1S/C21H19FN2O3/c22-15-5-3-13(4-6-15)17-11-18(17)21(27)23-16-7-1-12(2-8-16)9-14-10-19(25)24-20(14)26/h1-8,14,17-18H,9-11H2,(H,23,27)(H,24,25,26)/t14-,17+,18+/m0/s1. The number of benzene rings is 2. The first-order valence-electron chi connectivity index (χ1n) is 8.98. The summed E-state index contributed by atoms with van der Waals surface area (Å²) in [5.41, 5.74) is 2.62. The van der Waals surface area contributed by atoms with Gasteiger partial charge in [-0.3, -0.25) is 19.7 Å². The van der Waals surface area contributed by atoms with Crippen molar-refractivity contribution in [1.82, 2.24) is 5.32 Å². The lowest BCUT2D eigenvalue weighted by molar-refractivity contribution is -0.125. The average molecular weight is 366 g/mol. The minimum Gasteiger partial charge on any atom is -0.326 e. The van der Waals surface area contributed by atoms with Crippen LogP contribution in [-0.4, -0.2) is 17.7 Å². The molecule has 138 valence electrons. The van der Waals surface area contributed by atoms with Crippen LogP contribution in [0.3, 0.4) is 0 Å². The van der Waals surface area contributed by atoms with Crippen LogP contribution >= 0.6 is 0 Å². The van der Waals surface area contributed by atoms with Crippen molar-refractivity contribution < 1.29 is 18.8 Å². The zero-order chi connectivity index (χ0) is 19.0. The van der Waals surface area contributed by atoms with Gasteiger partial charge in [0.05, 0.1) is 5.92 Å². The molecule has 6 heteroatoms. The van der Waals surface area contributed by atoms with Crippen LogP contribution in [0.5, 0.6) is 0 Å². The molecule has 2 aromatic rings. The number of hydrogen-bond donors (Lipinski definition) is 2. The third-order valence-corrected chi connectivity index (χ3v) is 5.19. The van der Waals surface area contributed by atoms with Gasteiger partial charge in [-0.1, -0.05) is 24.3 Å². The fourth-order valence-corrected chi connectivity index (χ4v) is 3.58. The van der Waals surface area contributed by atoms with E-state index in [0.29, 0.717) is 12.1 Å². The van der Waals surface area contributed by atoms with Gasteiger partial charge in [0.25, 0.3) is 0 Å². The molecule has 1 saturated carbocycles. The maximum absolute atomic E-state index is 13.0. The van der Waals surface area contributed by atoms with E-state index in [1.807, 2.05) is 12.1 Å². The number of amides is 3. The SMILES string of the molecule is O=C1C[C@H](Cc2ccc(NC(=O)[C@@H]3C[C@@H]3c3ccc(F)cc3)cc2)C(=O)N1. The molecule has 0 spiro atoms. The Hall–Kier alpha value is -3.02. The van der Waals surface area contributed by atoms with Crippen LogP contribution in [0.1, 0.15) is 29.9 Å². The summed E-state index contributed by atoms with van der Waals surface area (Å²) in [6.07, 6.45) is 1.49. The fraction of sp³-hybridized carbons (Fsp3) is 0.286. The van der Waals surface area contributed by atoms with Gasteiger partial charge < -0.3 is 5.32 Å². The van der Waals surface area contributed by atoms with Crippen LogP contribution in [0.15, 0.2) is 48.5 Å². The molecular weight excluding hydrogens is 347 g/mol. The first-order chi connectivity index (χ1) is 13.0. The van der Waals surface area contributed by atoms with Crippen molar-refractivity contribution in [3.63, 3.8) is 0 Å². The van der Waals surface area contributed by atoms with Gasteiger partial charge in [-0.15, -0.1) is 0 Å². The number of carbonyl (C=O) groups is 3. The van der Waals surface area contributed by atoms with Gasteiger partial charge >= 0.3 is 0 Å². The lowest BCUT2D eigenvalue weighted by Crippen LogP contribution is -2.22. The van der Waals surface area contributed by atoms with Crippen molar-refractivity contribution in [3.8, 4) is 0 Å². The molecule has 1 saturated heterocycles. The zero-order valence-corrected chi connectivity index (χ0v) is 14.6. The molecule has 0 radical (unpaired) electrons. The Morgan fingerprint density at radius 2 is 1.78 bits per heavy atom. The van der Waals surface area contributed by atoms with Crippen LogP contribution in [0.2, 0.25) is 0 Å². The molecule has 2 fully saturated rings. The monoisotopic (exact) mass is 366 g/mol. The average Bonchev–Trinajstić information content (AvgIpc) is 3.38. The van der Waals surface area contributed by atoms with Crippen LogP contribution in [0, 0.1) is 17.7 Å². The number of imide groups is 1. The molecule has 0 bridgehead atoms. The van der Waals surface area contributed by atoms with Crippen LogP contribution < -0.4 is 10.6 Å². The summed E-state index contributed by atoms with van der Waals surface area (Å²) < 4.78 is 13.0. The summed E-state index contributed by atoms with van der Waals surface area (Å²) in [6.45, 7) is 0. The minimum atomic E-state index is -0.319. The molecule has 3 atom stereocenters. The lowest BCUT2D eigenvalue weighted by atomic mass is 9.98. The summed E-state index contributed by atoms with van der Waals surface area (Å²) in [6, 6.07) is 13.6. The summed E-state index contributed by atoms with van der Waals surface area (Å²) in [5.74, 6) is -1.04. The van der Waals surface area contributed by atoms with E-state index in [2.05, 4.69) is 10.6 Å². The molecule has 4 rings (SSSR count). The molecule has 2 aliphatic rings. The van der Waals surface area contributed by atoms with Gasteiger partial charge in [0.1, 0.15) is 5.82 Å². The number of hydrogen-bond acceptors (Lipinski definition) is 3. The van der Waals surface area contributed by atoms with Crippen LogP contribution in [0.4, 0.5) is 10.1 Å². The van der Waals surface area contributed by atoms with Gasteiger partial charge in [-0.25, -0.2) is 4.39 Å². The summed E-state index contributed by atoms with van der Waals surface area (Å²) in [4.78, 5) is 35.3. The first-order valence-corrected chi connectivity index (χ1v) is 8.98. The fourth-order valence-electron chi connectivity index (χ4n) is 3.58. The van der Waals surface area contributed by atoms with E-state index < -0.39 is 0 Å². The molecule has 2 N–H and O–H groups in total. The topological polar surface area (TPSA) is 75.3 Å². The van der Waals surface area contributed by atoms with E-state index in [1.165, 1.54) is 12.1 Å². The maximum atomic E-state index is 13.0. The van der Waals surface area contributed by atoms with Crippen molar-refractivity contribution in [1.29, 1.82) is 0 Å². The predicted octanol–water partition coefficient (Wildman–Crippen LogP) is 2.77. The highest BCUT2D eigenvalue weighted by Crippen LogP contribution is 2.48. The second-order valence-electron chi connectivity index (χ2n) is 7.20. The Morgan fingerprint density at radius 3 is 2.41 bits per heavy atom. The van der Waals surface area contributed by atoms with Gasteiger partial charge in [0, 0.05) is 18.0 Å². The van der Waals surface area contributed by atoms with Crippen LogP contribution in [-0.2, 0) is 20.8 Å². The molecule has 5 nitrogen and oxygen atoms in total. The van der Waals surface area contributed by atoms with E-state index in [9.17, 15) is 18.8 Å². The number of nitrogens with one attached hydrogen (secondary N) is 2. The number of rotatable bonds is 5. The van der Waals surface area contributed by atoms with Crippen molar-refractivity contribution in [2.24, 2.45) is 11.8 Å². The van der Waals surface area contributed by atoms with Gasteiger partial charge in [-0.2, -0.15) is 0 Å². The van der Waals surface area contributed by atoms with Crippen molar-refractivity contribution >= 4 is 23.4 Å². The predicted molar refractivity (Wildman–Crippen MR) is 97.3 cm³/mol. The Bertz CT molecular complexity index is 893. The number of carbonyl (C=O) groups excluding carboxylic acids is 3. The Balaban J connectivity index is 1.32. The van der Waals surface area contributed by atoms with Crippen molar-refractivity contribution in [2.75, 3.05) is 5.32 Å². The normalized spacial score (nSPS) is 23.8. The number of anilines is 1. The molecular formula is C21H19FN2O3. The molecule has 3 amide bonds. The first kappa shape index (κ1) is 17.4. The van der Waals surface area contributed by atoms with E-state index in [-0.39, 0.29) is 47.7 Å². The third kappa shape index (κ3) is 3.89. The highest BCUT2D eigenvalue weighted by molar-refractivity contribution is 6.03. The quantitative estimate of drug-likeness (QED) is 0.799. The Morgan fingerprint density at radius 1 is 1.07 bits per heavy atom. The summed E-state index contributed by atoms with van der Waals surface area (Å²) in [7, 11) is 0. The molecule has 0 aromatic heterocycles. The molecule has 1 aliphatic heterocycles. The largest absolute Gasteiger partial charge is 0.326 e. The molecule has 0 unspecified atom stereocenters. The second-order valence-corrected chi connectivity index (χ2v) is 7.20. The van der Waals surface area contributed by atoms with E-state index in [1.54, 1.807) is 24.3 Å². The third-order valence-electron chi connectivity index (χ3n) is 5.19. The van der Waals surface area contributed by atoms with Gasteiger partial charge in [0.15, 0.2) is 0 Å². The second kappa shape index (κ2) is 6.95. The summed E-state index contributed by atoms with van der Waals surface area (Å²) >= 11 is 0. The van der Waals surface area contributed by atoms with Gasteiger partial charge in [-0.05, 0) is 54.2 Å². The Labute approximate surface area is 156 Å². The van der Waals surface area contributed by atoms with Crippen LogP contribution in [0.25, 0.3) is 0 Å². The van der Waals surface area contributed by atoms with E-state index >= 15 is 0 Å². The minimum absolute atomic E-state index is 0.0437. The molecule has 2 aromatic carbocycles. The van der Waals surface area contributed by atoms with Crippen molar-refractivity contribution in [3.05, 3.63) is 65.5 Å². The van der Waals surface area contributed by atoms with E-state index in [0.717, 1.165) is 17.5 Å². The summed E-state index contributed by atoms with van der Waals surface area (Å²) in [5, 5.41) is 5.21. The smallest absolute Gasteiger partial charge is 0.230 e. The molecule has 1 heterocycles. The maximum Gasteiger partial charge on any atom is 0.230 e. The number of halogens is 1. The highest BCUT2D eigenvalue weighted by Gasteiger charge is 2.43.